The summed E-state index contributed by atoms with van der Waals surface area (Å²) in [5.74, 6) is 0.771. The fourth-order valence-electron chi connectivity index (χ4n) is 3.30. The Kier molecular flexibility index (Phi) is 4.49. The molecule has 8 nitrogen and oxygen atoms in total. The number of aromatic amines is 1. The second-order valence-electron chi connectivity index (χ2n) is 6.21. The Morgan fingerprint density at radius 2 is 2.23 bits per heavy atom. The van der Waals surface area contributed by atoms with Crippen molar-refractivity contribution in [2.45, 2.75) is 25.4 Å². The second kappa shape index (κ2) is 7.09. The molecule has 1 fully saturated rings. The van der Waals surface area contributed by atoms with Crippen LogP contribution in [0.5, 0.6) is 0 Å². The molecule has 3 heterocycles. The number of carbonyl (C=O) groups excluding carboxylic acids is 1. The molecule has 8 heteroatoms. The first-order chi connectivity index (χ1) is 12.8. The molecular formula is C18H19N5O3. The van der Waals surface area contributed by atoms with E-state index in [9.17, 15) is 4.79 Å². The first-order valence-electron chi connectivity index (χ1n) is 8.50. The fourth-order valence-corrected chi connectivity index (χ4v) is 3.30. The number of benzene rings is 1. The number of ether oxygens (including phenoxy) is 1. The summed E-state index contributed by atoms with van der Waals surface area (Å²) in [6.45, 7) is 1.45. The van der Waals surface area contributed by atoms with Crippen LogP contribution < -0.4 is 0 Å². The number of H-pyrrole nitrogens is 1. The van der Waals surface area contributed by atoms with E-state index in [4.69, 9.17) is 9.26 Å². The molecule has 1 saturated heterocycles. The summed E-state index contributed by atoms with van der Waals surface area (Å²) in [5.41, 5.74) is 2.11. The maximum Gasteiger partial charge on any atom is 0.356 e. The van der Waals surface area contributed by atoms with Gasteiger partial charge in [-0.2, -0.15) is 10.1 Å². The molecule has 1 aromatic carbocycles. The predicted octanol–water partition coefficient (Wildman–Crippen LogP) is 2.58. The molecular weight excluding hydrogens is 334 g/mol. The molecule has 0 bridgehead atoms. The van der Waals surface area contributed by atoms with Crippen molar-refractivity contribution in [3.8, 4) is 11.4 Å². The summed E-state index contributed by atoms with van der Waals surface area (Å²) in [6.07, 6.45) is 3.62. The zero-order chi connectivity index (χ0) is 17.9. The van der Waals surface area contributed by atoms with Crippen LogP contribution in [0.2, 0.25) is 0 Å². The van der Waals surface area contributed by atoms with Crippen molar-refractivity contribution < 1.29 is 14.1 Å². The average molecular weight is 353 g/mol. The first-order valence-corrected chi connectivity index (χ1v) is 8.50. The number of carbonyl (C=O) groups is 1. The lowest BCUT2D eigenvalue weighted by molar-refractivity contribution is 0.0591. The summed E-state index contributed by atoms with van der Waals surface area (Å²) in [5, 5.41) is 10.8. The van der Waals surface area contributed by atoms with Gasteiger partial charge >= 0.3 is 5.97 Å². The Morgan fingerprint density at radius 1 is 1.38 bits per heavy atom. The van der Waals surface area contributed by atoms with Gasteiger partial charge in [-0.25, -0.2) is 4.79 Å². The van der Waals surface area contributed by atoms with Gasteiger partial charge in [-0.1, -0.05) is 35.5 Å². The minimum atomic E-state index is -0.419. The van der Waals surface area contributed by atoms with Crippen LogP contribution in [0.3, 0.4) is 0 Å². The topological polar surface area (TPSA) is 97.1 Å². The summed E-state index contributed by atoms with van der Waals surface area (Å²) in [4.78, 5) is 18.6. The maximum atomic E-state index is 11.8. The van der Waals surface area contributed by atoms with Gasteiger partial charge in [-0.05, 0) is 19.4 Å². The number of hydrogen-bond acceptors (Lipinski definition) is 7. The number of rotatable bonds is 5. The van der Waals surface area contributed by atoms with Crippen LogP contribution in [-0.4, -0.2) is 44.9 Å². The lowest BCUT2D eigenvalue weighted by Gasteiger charge is -2.21. The summed E-state index contributed by atoms with van der Waals surface area (Å²) < 4.78 is 10.3. The number of likely N-dealkylation sites (tertiary alicyclic amines) is 1. The Hall–Kier alpha value is -3.00. The zero-order valence-corrected chi connectivity index (χ0v) is 14.4. The number of nitrogens with zero attached hydrogens (tertiary/aromatic N) is 4. The third-order valence-electron chi connectivity index (χ3n) is 4.60. The van der Waals surface area contributed by atoms with Gasteiger partial charge in [-0.3, -0.25) is 10.00 Å². The van der Waals surface area contributed by atoms with Crippen LogP contribution in [0.4, 0.5) is 0 Å². The van der Waals surface area contributed by atoms with E-state index < -0.39 is 5.97 Å². The van der Waals surface area contributed by atoms with E-state index in [1.807, 2.05) is 30.3 Å². The predicted molar refractivity (Wildman–Crippen MR) is 92.0 cm³/mol. The molecule has 1 N–H and O–H groups in total. The monoisotopic (exact) mass is 353 g/mol. The Balaban J connectivity index is 1.54. The maximum absolute atomic E-state index is 11.8. The van der Waals surface area contributed by atoms with Crippen molar-refractivity contribution in [3.05, 3.63) is 53.7 Å². The van der Waals surface area contributed by atoms with E-state index in [0.29, 0.717) is 24.0 Å². The Morgan fingerprint density at radius 3 is 3.04 bits per heavy atom. The van der Waals surface area contributed by atoms with Crippen molar-refractivity contribution in [1.29, 1.82) is 0 Å². The van der Waals surface area contributed by atoms with Crippen LogP contribution in [0.1, 0.15) is 40.8 Å². The number of aromatic nitrogens is 4. The highest BCUT2D eigenvalue weighted by atomic mass is 16.5. The van der Waals surface area contributed by atoms with E-state index in [1.54, 1.807) is 6.20 Å². The van der Waals surface area contributed by atoms with E-state index in [1.165, 1.54) is 7.11 Å². The SMILES string of the molecule is COC(=O)c1[nH]ncc1CN1CCC[C@@H]1c1nc(-c2ccccc2)no1. The van der Waals surface area contributed by atoms with E-state index in [0.717, 1.165) is 30.5 Å². The normalized spacial score (nSPS) is 17.5. The van der Waals surface area contributed by atoms with Gasteiger partial charge in [-0.15, -0.1) is 0 Å². The molecule has 26 heavy (non-hydrogen) atoms. The molecule has 2 aromatic heterocycles. The molecule has 0 unspecified atom stereocenters. The highest BCUT2D eigenvalue weighted by Gasteiger charge is 2.32. The van der Waals surface area contributed by atoms with Crippen LogP contribution in [0.15, 0.2) is 41.1 Å². The van der Waals surface area contributed by atoms with Crippen molar-refractivity contribution in [1.82, 2.24) is 25.2 Å². The van der Waals surface area contributed by atoms with Crippen LogP contribution in [0.25, 0.3) is 11.4 Å². The van der Waals surface area contributed by atoms with Gasteiger partial charge in [0.05, 0.1) is 19.3 Å². The fraction of sp³-hybridized carbons (Fsp3) is 0.333. The Labute approximate surface area is 150 Å². The van der Waals surface area contributed by atoms with Gasteiger partial charge in [0.15, 0.2) is 0 Å². The van der Waals surface area contributed by atoms with Gasteiger partial charge in [0, 0.05) is 17.7 Å². The molecule has 1 aliphatic heterocycles. The van der Waals surface area contributed by atoms with Crippen molar-refractivity contribution in [3.63, 3.8) is 0 Å². The standard InChI is InChI=1S/C18H19N5O3/c1-25-18(24)15-13(10-19-21-15)11-23-9-5-8-14(23)17-20-16(22-26-17)12-6-3-2-4-7-12/h2-4,6-7,10,14H,5,8-9,11H2,1H3,(H,19,21)/t14-/m1/s1. The first kappa shape index (κ1) is 16.5. The Bertz CT molecular complexity index is 889. The summed E-state index contributed by atoms with van der Waals surface area (Å²) in [7, 11) is 1.36. The van der Waals surface area contributed by atoms with Crippen LogP contribution in [0, 0.1) is 0 Å². The van der Waals surface area contributed by atoms with Gasteiger partial charge < -0.3 is 9.26 Å². The number of methoxy groups -OCH3 is 1. The largest absolute Gasteiger partial charge is 0.464 e. The van der Waals surface area contributed by atoms with E-state index in [2.05, 4.69) is 25.2 Å². The number of hydrogen-bond donors (Lipinski definition) is 1. The summed E-state index contributed by atoms with van der Waals surface area (Å²) >= 11 is 0. The van der Waals surface area contributed by atoms with Crippen molar-refractivity contribution in [2.24, 2.45) is 0 Å². The average Bonchev–Trinajstić information content (AvgIpc) is 3.42. The third kappa shape index (κ3) is 3.11. The lowest BCUT2D eigenvalue weighted by Crippen LogP contribution is -2.24. The quantitative estimate of drug-likeness (QED) is 0.704. The highest BCUT2D eigenvalue weighted by Crippen LogP contribution is 2.33. The van der Waals surface area contributed by atoms with Gasteiger partial charge in [0.2, 0.25) is 11.7 Å². The minimum absolute atomic E-state index is 0.0281. The second-order valence-corrected chi connectivity index (χ2v) is 6.21. The van der Waals surface area contributed by atoms with Crippen LogP contribution >= 0.6 is 0 Å². The molecule has 134 valence electrons. The van der Waals surface area contributed by atoms with E-state index >= 15 is 0 Å². The number of esters is 1. The molecule has 4 rings (SSSR count). The lowest BCUT2D eigenvalue weighted by atomic mass is 10.2. The summed E-state index contributed by atoms with van der Waals surface area (Å²) in [6, 6.07) is 9.78. The third-order valence-corrected chi connectivity index (χ3v) is 4.60. The molecule has 0 amide bonds. The molecule has 0 spiro atoms. The smallest absolute Gasteiger partial charge is 0.356 e. The highest BCUT2D eigenvalue weighted by molar-refractivity contribution is 5.88. The van der Waals surface area contributed by atoms with Crippen molar-refractivity contribution >= 4 is 5.97 Å². The molecule has 1 aliphatic rings. The number of nitrogens with one attached hydrogen (secondary N) is 1. The van der Waals surface area contributed by atoms with E-state index in [-0.39, 0.29) is 6.04 Å². The van der Waals surface area contributed by atoms with Gasteiger partial charge in [0.25, 0.3) is 0 Å². The minimum Gasteiger partial charge on any atom is -0.464 e. The molecule has 1 atom stereocenters. The van der Waals surface area contributed by atoms with Crippen LogP contribution in [-0.2, 0) is 11.3 Å². The van der Waals surface area contributed by atoms with Gasteiger partial charge in [0.1, 0.15) is 5.69 Å². The zero-order valence-electron chi connectivity index (χ0n) is 14.4. The molecule has 3 aromatic rings. The molecule has 0 radical (unpaired) electrons. The molecule has 0 aliphatic carbocycles. The molecule has 0 saturated carbocycles. The van der Waals surface area contributed by atoms with Crippen molar-refractivity contribution in [2.75, 3.05) is 13.7 Å².